The standard InChI is InChI=1S/C9H20N2O/c1-9(2,3)12-11-7-8-5-4-6-10-8/h8,10-11H,4-7H2,1-3H3. The fraction of sp³-hybridized carbons (Fsp3) is 1.00. The number of rotatable bonds is 3. The van der Waals surface area contributed by atoms with Crippen LogP contribution in [0.3, 0.4) is 0 Å². The van der Waals surface area contributed by atoms with Crippen LogP contribution >= 0.6 is 0 Å². The van der Waals surface area contributed by atoms with E-state index >= 15 is 0 Å². The molecule has 3 nitrogen and oxygen atoms in total. The Morgan fingerprint density at radius 3 is 2.75 bits per heavy atom. The maximum absolute atomic E-state index is 5.40. The van der Waals surface area contributed by atoms with Crippen molar-refractivity contribution in [3.8, 4) is 0 Å². The third kappa shape index (κ3) is 4.04. The van der Waals surface area contributed by atoms with E-state index in [1.807, 2.05) is 20.8 Å². The Hall–Kier alpha value is -0.120. The van der Waals surface area contributed by atoms with Gasteiger partial charge in [-0.3, -0.25) is 4.84 Å². The second-order valence-electron chi connectivity index (χ2n) is 4.36. The lowest BCUT2D eigenvalue weighted by molar-refractivity contribution is -0.0743. The molecule has 0 saturated carbocycles. The Morgan fingerprint density at radius 2 is 2.25 bits per heavy atom. The highest BCUT2D eigenvalue weighted by atomic mass is 16.7. The van der Waals surface area contributed by atoms with E-state index in [2.05, 4.69) is 10.8 Å². The lowest BCUT2D eigenvalue weighted by Gasteiger charge is -2.21. The predicted molar refractivity (Wildman–Crippen MR) is 49.9 cm³/mol. The molecule has 0 spiro atoms. The summed E-state index contributed by atoms with van der Waals surface area (Å²) in [7, 11) is 0. The van der Waals surface area contributed by atoms with Gasteiger partial charge in [0.2, 0.25) is 0 Å². The molecule has 0 radical (unpaired) electrons. The molecule has 1 fully saturated rings. The Balaban J connectivity index is 2.02. The van der Waals surface area contributed by atoms with E-state index in [9.17, 15) is 0 Å². The number of hydroxylamine groups is 1. The fourth-order valence-corrected chi connectivity index (χ4v) is 1.29. The van der Waals surface area contributed by atoms with E-state index in [4.69, 9.17) is 4.84 Å². The van der Waals surface area contributed by atoms with Crippen LogP contribution in [0.4, 0.5) is 0 Å². The largest absolute Gasteiger partial charge is 0.313 e. The van der Waals surface area contributed by atoms with Crippen molar-refractivity contribution in [2.24, 2.45) is 0 Å². The van der Waals surface area contributed by atoms with Crippen molar-refractivity contribution in [3.05, 3.63) is 0 Å². The summed E-state index contributed by atoms with van der Waals surface area (Å²) in [5.74, 6) is 0. The Bertz CT molecular complexity index is 125. The van der Waals surface area contributed by atoms with E-state index < -0.39 is 0 Å². The monoisotopic (exact) mass is 172 g/mol. The van der Waals surface area contributed by atoms with E-state index in [0.29, 0.717) is 6.04 Å². The van der Waals surface area contributed by atoms with Gasteiger partial charge in [0.15, 0.2) is 0 Å². The summed E-state index contributed by atoms with van der Waals surface area (Å²) in [6.45, 7) is 8.20. The van der Waals surface area contributed by atoms with Gasteiger partial charge in [0.1, 0.15) is 0 Å². The summed E-state index contributed by atoms with van der Waals surface area (Å²) >= 11 is 0. The summed E-state index contributed by atoms with van der Waals surface area (Å²) in [5.41, 5.74) is 2.92. The molecule has 1 heterocycles. The lowest BCUT2D eigenvalue weighted by atomic mass is 10.2. The maximum atomic E-state index is 5.40. The van der Waals surface area contributed by atoms with Crippen LogP contribution in [0.25, 0.3) is 0 Å². The number of hydrogen-bond donors (Lipinski definition) is 2. The second-order valence-corrected chi connectivity index (χ2v) is 4.36. The van der Waals surface area contributed by atoms with Gasteiger partial charge >= 0.3 is 0 Å². The third-order valence-electron chi connectivity index (χ3n) is 1.87. The Morgan fingerprint density at radius 1 is 1.50 bits per heavy atom. The summed E-state index contributed by atoms with van der Waals surface area (Å²) in [4.78, 5) is 5.40. The highest BCUT2D eigenvalue weighted by molar-refractivity contribution is 4.74. The van der Waals surface area contributed by atoms with Crippen LogP contribution in [0.2, 0.25) is 0 Å². The summed E-state index contributed by atoms with van der Waals surface area (Å²) in [5, 5.41) is 3.40. The SMILES string of the molecule is CC(C)(C)ONCC1CCCN1. The average molecular weight is 172 g/mol. The zero-order valence-corrected chi connectivity index (χ0v) is 8.31. The van der Waals surface area contributed by atoms with Crippen molar-refractivity contribution < 1.29 is 4.84 Å². The molecule has 1 aliphatic heterocycles. The van der Waals surface area contributed by atoms with Crippen molar-refractivity contribution >= 4 is 0 Å². The Labute approximate surface area is 74.8 Å². The van der Waals surface area contributed by atoms with Crippen LogP contribution in [-0.4, -0.2) is 24.7 Å². The van der Waals surface area contributed by atoms with Crippen LogP contribution in [0.1, 0.15) is 33.6 Å². The quantitative estimate of drug-likeness (QED) is 0.624. The molecule has 1 unspecified atom stereocenters. The minimum Gasteiger partial charge on any atom is -0.313 e. The molecule has 0 aromatic rings. The molecule has 72 valence electrons. The van der Waals surface area contributed by atoms with Crippen molar-refractivity contribution in [1.29, 1.82) is 0 Å². The van der Waals surface area contributed by atoms with Crippen LogP contribution in [0, 0.1) is 0 Å². The first-order valence-electron chi connectivity index (χ1n) is 4.72. The molecule has 1 saturated heterocycles. The van der Waals surface area contributed by atoms with Crippen molar-refractivity contribution in [2.75, 3.05) is 13.1 Å². The zero-order valence-electron chi connectivity index (χ0n) is 8.31. The highest BCUT2D eigenvalue weighted by Gasteiger charge is 2.15. The van der Waals surface area contributed by atoms with Gasteiger partial charge in [0.25, 0.3) is 0 Å². The lowest BCUT2D eigenvalue weighted by Crippen LogP contribution is -2.38. The van der Waals surface area contributed by atoms with Gasteiger partial charge in [-0.1, -0.05) is 0 Å². The summed E-state index contributed by atoms with van der Waals surface area (Å²) < 4.78 is 0. The number of nitrogens with one attached hydrogen (secondary N) is 2. The van der Waals surface area contributed by atoms with Crippen molar-refractivity contribution in [1.82, 2.24) is 10.8 Å². The number of hydrogen-bond acceptors (Lipinski definition) is 3. The molecule has 2 N–H and O–H groups in total. The maximum Gasteiger partial charge on any atom is 0.0812 e. The predicted octanol–water partition coefficient (Wildman–Crippen LogP) is 1.06. The molecule has 1 atom stereocenters. The molecule has 0 bridgehead atoms. The van der Waals surface area contributed by atoms with Gasteiger partial charge in [-0.05, 0) is 40.2 Å². The van der Waals surface area contributed by atoms with E-state index in [0.717, 1.165) is 13.1 Å². The zero-order chi connectivity index (χ0) is 9.03. The minimum absolute atomic E-state index is 0.0847. The van der Waals surface area contributed by atoms with E-state index in [1.54, 1.807) is 0 Å². The summed E-state index contributed by atoms with van der Waals surface area (Å²) in [6, 6.07) is 0.604. The van der Waals surface area contributed by atoms with Gasteiger partial charge in [0, 0.05) is 12.6 Å². The minimum atomic E-state index is -0.0847. The van der Waals surface area contributed by atoms with Crippen molar-refractivity contribution in [3.63, 3.8) is 0 Å². The molecule has 0 amide bonds. The van der Waals surface area contributed by atoms with Crippen LogP contribution in [0.5, 0.6) is 0 Å². The van der Waals surface area contributed by atoms with Crippen LogP contribution < -0.4 is 10.8 Å². The molecule has 0 aromatic heterocycles. The topological polar surface area (TPSA) is 33.3 Å². The van der Waals surface area contributed by atoms with Gasteiger partial charge < -0.3 is 5.32 Å². The van der Waals surface area contributed by atoms with E-state index in [-0.39, 0.29) is 5.60 Å². The normalized spacial score (nSPS) is 24.8. The van der Waals surface area contributed by atoms with E-state index in [1.165, 1.54) is 12.8 Å². The molecule has 0 aliphatic carbocycles. The summed E-state index contributed by atoms with van der Waals surface area (Å²) in [6.07, 6.45) is 2.56. The third-order valence-corrected chi connectivity index (χ3v) is 1.87. The van der Waals surface area contributed by atoms with Gasteiger partial charge in [-0.15, -0.1) is 0 Å². The van der Waals surface area contributed by atoms with Gasteiger partial charge in [0.05, 0.1) is 5.60 Å². The first-order valence-corrected chi connectivity index (χ1v) is 4.72. The first kappa shape index (κ1) is 9.96. The smallest absolute Gasteiger partial charge is 0.0812 e. The van der Waals surface area contributed by atoms with Gasteiger partial charge in [-0.25, -0.2) is 5.48 Å². The molecular formula is C9H20N2O. The average Bonchev–Trinajstić information content (AvgIpc) is 2.36. The first-order chi connectivity index (χ1) is 5.58. The van der Waals surface area contributed by atoms with Gasteiger partial charge in [-0.2, -0.15) is 0 Å². The molecule has 0 aromatic carbocycles. The highest BCUT2D eigenvalue weighted by Crippen LogP contribution is 2.06. The molecule has 1 aliphatic rings. The molecule has 12 heavy (non-hydrogen) atoms. The molecule has 1 rings (SSSR count). The molecular weight excluding hydrogens is 152 g/mol. The second kappa shape index (κ2) is 4.21. The van der Waals surface area contributed by atoms with Crippen LogP contribution in [0.15, 0.2) is 0 Å². The Kier molecular flexibility index (Phi) is 3.50. The van der Waals surface area contributed by atoms with Crippen LogP contribution in [-0.2, 0) is 4.84 Å². The molecule has 3 heteroatoms. The fourth-order valence-electron chi connectivity index (χ4n) is 1.29. The van der Waals surface area contributed by atoms with Crippen molar-refractivity contribution in [2.45, 2.75) is 45.3 Å².